The van der Waals surface area contributed by atoms with E-state index >= 15 is 0 Å². The molecule has 1 aliphatic rings. The third-order valence-corrected chi connectivity index (χ3v) is 5.78. The van der Waals surface area contributed by atoms with E-state index in [2.05, 4.69) is 10.1 Å². The zero-order chi connectivity index (χ0) is 21.6. The Labute approximate surface area is 183 Å². The zero-order valence-corrected chi connectivity index (χ0v) is 18.2. The lowest BCUT2D eigenvalue weighted by Crippen LogP contribution is -2.41. The van der Waals surface area contributed by atoms with Crippen LogP contribution in [0.5, 0.6) is 5.75 Å². The van der Waals surface area contributed by atoms with Gasteiger partial charge in [0.15, 0.2) is 0 Å². The summed E-state index contributed by atoms with van der Waals surface area (Å²) in [4.78, 5) is 20.1. The Hall–Kier alpha value is -3.15. The van der Waals surface area contributed by atoms with Crippen molar-refractivity contribution in [2.45, 2.75) is 58.5 Å². The van der Waals surface area contributed by atoms with Crippen molar-refractivity contribution in [2.24, 2.45) is 0 Å². The highest BCUT2D eigenvalue weighted by molar-refractivity contribution is 5.97. The maximum absolute atomic E-state index is 13.6. The van der Waals surface area contributed by atoms with E-state index in [1.807, 2.05) is 67.3 Å². The van der Waals surface area contributed by atoms with Crippen molar-refractivity contribution in [3.8, 4) is 17.1 Å². The van der Waals surface area contributed by atoms with Crippen LogP contribution in [-0.4, -0.2) is 33.6 Å². The highest BCUT2D eigenvalue weighted by Crippen LogP contribution is 2.28. The zero-order valence-electron chi connectivity index (χ0n) is 18.2. The van der Waals surface area contributed by atoms with E-state index in [1.165, 1.54) is 12.0 Å². The fraction of sp³-hybridized carbons (Fsp3) is 0.400. The number of hydrogen-bond acceptors (Lipinski definition) is 5. The second kappa shape index (κ2) is 9.77. The molecule has 0 spiro atoms. The second-order valence-corrected chi connectivity index (χ2v) is 8.03. The summed E-state index contributed by atoms with van der Waals surface area (Å²) < 4.78 is 11.3. The Kier molecular flexibility index (Phi) is 6.65. The van der Waals surface area contributed by atoms with Crippen LogP contribution in [-0.2, 0) is 6.54 Å². The smallest absolute Gasteiger partial charge is 0.258 e. The predicted octanol–water partition coefficient (Wildman–Crippen LogP) is 5.42. The molecule has 0 atom stereocenters. The minimum atomic E-state index is -0.0500. The average Bonchev–Trinajstić information content (AvgIpc) is 3.27. The number of aromatic nitrogens is 2. The van der Waals surface area contributed by atoms with Crippen molar-refractivity contribution < 1.29 is 14.1 Å². The van der Waals surface area contributed by atoms with Crippen molar-refractivity contribution in [1.29, 1.82) is 0 Å². The van der Waals surface area contributed by atoms with Crippen LogP contribution in [0.1, 0.15) is 60.8 Å². The average molecular weight is 420 g/mol. The van der Waals surface area contributed by atoms with Gasteiger partial charge in [0.25, 0.3) is 5.91 Å². The van der Waals surface area contributed by atoms with Gasteiger partial charge in [0.1, 0.15) is 12.3 Å². The molecular weight excluding hydrogens is 390 g/mol. The first-order chi connectivity index (χ1) is 15.2. The summed E-state index contributed by atoms with van der Waals surface area (Å²) in [6.45, 7) is 4.77. The van der Waals surface area contributed by atoms with E-state index in [1.54, 1.807) is 0 Å². The summed E-state index contributed by atoms with van der Waals surface area (Å²) in [6.07, 6.45) is 5.44. The minimum Gasteiger partial charge on any atom is -0.493 e. The molecule has 1 heterocycles. The molecule has 2 aromatic carbocycles. The van der Waals surface area contributed by atoms with Gasteiger partial charge in [-0.05, 0) is 38.8 Å². The van der Waals surface area contributed by atoms with Crippen molar-refractivity contribution in [3.05, 3.63) is 65.5 Å². The number of aryl methyl sites for hydroxylation is 1. The molecule has 0 bridgehead atoms. The molecular formula is C25H29N3O3. The Morgan fingerprint density at radius 2 is 1.84 bits per heavy atom. The monoisotopic (exact) mass is 419 g/mol. The molecule has 1 fully saturated rings. The van der Waals surface area contributed by atoms with E-state index < -0.39 is 0 Å². The molecule has 6 heteroatoms. The van der Waals surface area contributed by atoms with Crippen LogP contribution >= 0.6 is 0 Å². The number of ether oxygens (including phenoxy) is 1. The number of para-hydroxylation sites is 1. The minimum absolute atomic E-state index is 0.0500. The van der Waals surface area contributed by atoms with Crippen LogP contribution in [0.3, 0.4) is 0 Å². The van der Waals surface area contributed by atoms with Gasteiger partial charge in [-0.15, -0.1) is 0 Å². The van der Waals surface area contributed by atoms with Gasteiger partial charge in [-0.2, -0.15) is 4.98 Å². The largest absolute Gasteiger partial charge is 0.493 e. The Morgan fingerprint density at radius 1 is 1.10 bits per heavy atom. The van der Waals surface area contributed by atoms with Gasteiger partial charge >= 0.3 is 0 Å². The molecule has 0 unspecified atom stereocenters. The van der Waals surface area contributed by atoms with Crippen LogP contribution in [0.25, 0.3) is 11.4 Å². The Balaban J connectivity index is 1.60. The van der Waals surface area contributed by atoms with Gasteiger partial charge in [-0.1, -0.05) is 66.4 Å². The SMILES string of the molecule is CCOc1ccccc1C(=O)N(Cc1nc(-c2ccc(C)cc2)no1)C1CCCCC1. The standard InChI is InChI=1S/C25H29N3O3/c1-3-30-22-12-8-7-11-21(22)25(29)28(20-9-5-4-6-10-20)17-23-26-24(27-31-23)19-15-13-18(2)14-16-19/h7-8,11-16,20H,3-6,9-10,17H2,1-2H3. The van der Waals surface area contributed by atoms with E-state index in [-0.39, 0.29) is 11.9 Å². The molecule has 0 aliphatic heterocycles. The quantitative estimate of drug-likeness (QED) is 0.511. The molecule has 0 radical (unpaired) electrons. The number of hydrogen-bond donors (Lipinski definition) is 0. The van der Waals surface area contributed by atoms with E-state index in [4.69, 9.17) is 9.26 Å². The molecule has 1 aliphatic carbocycles. The fourth-order valence-corrected chi connectivity index (χ4v) is 4.12. The predicted molar refractivity (Wildman–Crippen MR) is 119 cm³/mol. The van der Waals surface area contributed by atoms with Crippen molar-refractivity contribution in [2.75, 3.05) is 6.61 Å². The third kappa shape index (κ3) is 4.95. The first-order valence-corrected chi connectivity index (χ1v) is 11.1. The van der Waals surface area contributed by atoms with Crippen molar-refractivity contribution in [3.63, 3.8) is 0 Å². The maximum Gasteiger partial charge on any atom is 0.258 e. The lowest BCUT2D eigenvalue weighted by Gasteiger charge is -2.33. The summed E-state index contributed by atoms with van der Waals surface area (Å²) in [7, 11) is 0. The van der Waals surface area contributed by atoms with Gasteiger partial charge in [-0.25, -0.2) is 0 Å². The van der Waals surface area contributed by atoms with Gasteiger partial charge in [-0.3, -0.25) is 4.79 Å². The van der Waals surface area contributed by atoms with Crippen LogP contribution in [0.15, 0.2) is 53.1 Å². The molecule has 3 aromatic rings. The second-order valence-electron chi connectivity index (χ2n) is 8.03. The van der Waals surface area contributed by atoms with Crippen LogP contribution in [0, 0.1) is 6.92 Å². The van der Waals surface area contributed by atoms with Gasteiger partial charge in [0, 0.05) is 11.6 Å². The molecule has 1 saturated carbocycles. The Bertz CT molecular complexity index is 1010. The fourth-order valence-electron chi connectivity index (χ4n) is 4.12. The summed E-state index contributed by atoms with van der Waals surface area (Å²) in [5, 5.41) is 4.14. The van der Waals surface area contributed by atoms with Crippen LogP contribution in [0.4, 0.5) is 0 Å². The highest BCUT2D eigenvalue weighted by atomic mass is 16.5. The lowest BCUT2D eigenvalue weighted by molar-refractivity contribution is 0.0582. The molecule has 1 aromatic heterocycles. The normalized spacial score (nSPS) is 14.4. The summed E-state index contributed by atoms with van der Waals surface area (Å²) >= 11 is 0. The summed E-state index contributed by atoms with van der Waals surface area (Å²) in [6, 6.07) is 15.6. The van der Waals surface area contributed by atoms with Crippen molar-refractivity contribution >= 4 is 5.91 Å². The highest BCUT2D eigenvalue weighted by Gasteiger charge is 2.29. The van der Waals surface area contributed by atoms with E-state index in [0.29, 0.717) is 36.2 Å². The molecule has 31 heavy (non-hydrogen) atoms. The first kappa shape index (κ1) is 21.1. The number of rotatable bonds is 7. The third-order valence-electron chi connectivity index (χ3n) is 5.78. The van der Waals surface area contributed by atoms with E-state index in [0.717, 1.165) is 31.2 Å². The number of nitrogens with zero attached hydrogens (tertiary/aromatic N) is 3. The first-order valence-electron chi connectivity index (χ1n) is 11.1. The molecule has 4 rings (SSSR count). The topological polar surface area (TPSA) is 68.5 Å². The molecule has 0 saturated heterocycles. The molecule has 0 N–H and O–H groups in total. The molecule has 6 nitrogen and oxygen atoms in total. The van der Waals surface area contributed by atoms with E-state index in [9.17, 15) is 4.79 Å². The lowest BCUT2D eigenvalue weighted by atomic mass is 9.93. The number of carbonyl (C=O) groups is 1. The summed E-state index contributed by atoms with van der Waals surface area (Å²) in [5.41, 5.74) is 2.65. The number of amides is 1. The van der Waals surface area contributed by atoms with Crippen molar-refractivity contribution in [1.82, 2.24) is 15.0 Å². The van der Waals surface area contributed by atoms with Crippen LogP contribution in [0.2, 0.25) is 0 Å². The molecule has 162 valence electrons. The Morgan fingerprint density at radius 3 is 2.58 bits per heavy atom. The van der Waals surface area contributed by atoms with Gasteiger partial charge in [0.05, 0.1) is 12.2 Å². The number of benzene rings is 2. The van der Waals surface area contributed by atoms with Gasteiger partial charge < -0.3 is 14.2 Å². The molecule has 1 amide bonds. The van der Waals surface area contributed by atoms with Gasteiger partial charge in [0.2, 0.25) is 11.7 Å². The summed E-state index contributed by atoms with van der Waals surface area (Å²) in [5.74, 6) is 1.55. The number of carbonyl (C=O) groups excluding carboxylic acids is 1. The van der Waals surface area contributed by atoms with Crippen LogP contribution < -0.4 is 4.74 Å². The maximum atomic E-state index is 13.6.